The van der Waals surface area contributed by atoms with Crippen LogP contribution in [-0.2, 0) is 0 Å². The third-order valence-corrected chi connectivity index (χ3v) is 12.8. The van der Waals surface area contributed by atoms with E-state index in [1.54, 1.807) is 0 Å². The van der Waals surface area contributed by atoms with E-state index in [-0.39, 0.29) is 0 Å². The Morgan fingerprint density at radius 1 is 0.345 bits per heavy atom. The summed E-state index contributed by atoms with van der Waals surface area (Å²) >= 11 is 1.84. The van der Waals surface area contributed by atoms with Crippen molar-refractivity contribution in [2.75, 3.05) is 0 Å². The second kappa shape index (κ2) is 14.1. The molecule has 0 aliphatic carbocycles. The van der Waals surface area contributed by atoms with Gasteiger partial charge in [0.1, 0.15) is 0 Å². The minimum absolute atomic E-state index is 1.01. The van der Waals surface area contributed by atoms with Gasteiger partial charge in [-0.3, -0.25) is 0 Å². The van der Waals surface area contributed by atoms with Crippen LogP contribution in [0.1, 0.15) is 5.56 Å². The van der Waals surface area contributed by atoms with Crippen molar-refractivity contribution in [2.24, 2.45) is 0 Å². The van der Waals surface area contributed by atoms with Crippen LogP contribution in [0.3, 0.4) is 0 Å². The summed E-state index contributed by atoms with van der Waals surface area (Å²) in [5.41, 5.74) is 16.4. The Hall–Kier alpha value is -7.13. The lowest BCUT2D eigenvalue weighted by Crippen LogP contribution is -1.96. The first-order chi connectivity index (χ1) is 28.7. The molecule has 0 amide bonds. The monoisotopic (exact) mass is 755 g/mol. The van der Waals surface area contributed by atoms with Crippen molar-refractivity contribution in [3.63, 3.8) is 0 Å². The molecule has 0 bridgehead atoms. The third-order valence-electron chi connectivity index (χ3n) is 11.7. The Morgan fingerprint density at radius 2 is 0.724 bits per heavy atom. The van der Waals surface area contributed by atoms with Crippen LogP contribution in [0.2, 0.25) is 0 Å². The van der Waals surface area contributed by atoms with Crippen molar-refractivity contribution >= 4 is 53.2 Å². The summed E-state index contributed by atoms with van der Waals surface area (Å²) in [6.07, 6.45) is 0. The van der Waals surface area contributed by atoms with E-state index in [2.05, 4.69) is 213 Å². The van der Waals surface area contributed by atoms with Crippen molar-refractivity contribution in [1.29, 1.82) is 0 Å². The summed E-state index contributed by atoms with van der Waals surface area (Å²) < 4.78 is 2.48. The van der Waals surface area contributed by atoms with Gasteiger partial charge in [-0.15, -0.1) is 11.3 Å². The minimum Gasteiger partial charge on any atom is -0.246 e. The summed E-state index contributed by atoms with van der Waals surface area (Å²) in [5.74, 6) is 0. The molecule has 0 saturated heterocycles. The van der Waals surface area contributed by atoms with Crippen molar-refractivity contribution in [2.45, 2.75) is 6.92 Å². The quantitative estimate of drug-likeness (QED) is 0.165. The highest BCUT2D eigenvalue weighted by Crippen LogP contribution is 2.46. The number of nitrogens with zero attached hydrogens (tertiary/aromatic N) is 1. The summed E-state index contributed by atoms with van der Waals surface area (Å²) in [6.45, 7) is 2.26. The van der Waals surface area contributed by atoms with E-state index in [0.717, 1.165) is 27.9 Å². The van der Waals surface area contributed by atoms with Crippen molar-refractivity contribution in [3.05, 3.63) is 212 Å². The van der Waals surface area contributed by atoms with Crippen LogP contribution in [0.4, 0.5) is 0 Å². The van der Waals surface area contributed by atoms with E-state index in [0.29, 0.717) is 0 Å². The van der Waals surface area contributed by atoms with Gasteiger partial charge in [-0.05, 0) is 108 Å². The molecule has 272 valence electrons. The maximum absolute atomic E-state index is 5.63. The molecule has 2 heteroatoms. The zero-order chi connectivity index (χ0) is 38.6. The van der Waals surface area contributed by atoms with Gasteiger partial charge >= 0.3 is 0 Å². The highest BCUT2D eigenvalue weighted by Gasteiger charge is 2.21. The van der Waals surface area contributed by atoms with Gasteiger partial charge in [0, 0.05) is 21.2 Å². The number of benzene rings is 9. The van der Waals surface area contributed by atoms with Crippen LogP contribution in [0.5, 0.6) is 0 Å². The second-order valence-corrected chi connectivity index (χ2v) is 16.1. The zero-order valence-electron chi connectivity index (χ0n) is 32.0. The highest BCUT2D eigenvalue weighted by molar-refractivity contribution is 7.26. The first kappa shape index (κ1) is 34.1. The molecule has 2 heterocycles. The molecule has 0 unspecified atom stereocenters. The van der Waals surface area contributed by atoms with Gasteiger partial charge in [0.2, 0.25) is 0 Å². The number of rotatable bonds is 6. The number of hydrogen-bond acceptors (Lipinski definition) is 2. The molecular weight excluding hydrogens is 719 g/mol. The Bertz CT molecular complexity index is 3190. The fourth-order valence-corrected chi connectivity index (χ4v) is 10.2. The SMILES string of the molecule is Cc1c(-c2cc(-c3ccc(-c4ccccc4)c4ccccc34)cc(-c3ccc(-c4ccccc4)c4ccccc34)c2)nc2c(sc3ccccc32)c1-c1ccccc1. The predicted molar refractivity (Wildman–Crippen MR) is 249 cm³/mol. The lowest BCUT2D eigenvalue weighted by molar-refractivity contribution is 1.34. The largest absolute Gasteiger partial charge is 0.246 e. The Balaban J connectivity index is 1.21. The third kappa shape index (κ3) is 5.72. The lowest BCUT2D eigenvalue weighted by atomic mass is 9.87. The van der Waals surface area contributed by atoms with Crippen LogP contribution in [0.25, 0.3) is 109 Å². The normalized spacial score (nSPS) is 11.5. The maximum atomic E-state index is 5.63. The topological polar surface area (TPSA) is 12.9 Å². The molecule has 11 aromatic rings. The molecule has 2 aromatic heterocycles. The van der Waals surface area contributed by atoms with Gasteiger partial charge in [0.15, 0.2) is 0 Å². The number of hydrogen-bond donors (Lipinski definition) is 0. The average Bonchev–Trinajstić information content (AvgIpc) is 3.66. The molecule has 0 aliphatic rings. The van der Waals surface area contributed by atoms with Crippen LogP contribution >= 0.6 is 11.3 Å². The average molecular weight is 756 g/mol. The van der Waals surface area contributed by atoms with Crippen LogP contribution in [-0.4, -0.2) is 4.98 Å². The van der Waals surface area contributed by atoms with E-state index in [9.17, 15) is 0 Å². The smallest absolute Gasteiger partial charge is 0.0902 e. The van der Waals surface area contributed by atoms with Crippen molar-refractivity contribution in [3.8, 4) is 66.9 Å². The molecule has 9 aromatic carbocycles. The summed E-state index contributed by atoms with van der Waals surface area (Å²) in [4.78, 5) is 5.63. The molecule has 11 rings (SSSR count). The number of pyridine rings is 1. The summed E-state index contributed by atoms with van der Waals surface area (Å²) in [5, 5.41) is 6.13. The maximum Gasteiger partial charge on any atom is 0.0902 e. The van der Waals surface area contributed by atoms with Gasteiger partial charge in [0.25, 0.3) is 0 Å². The Labute approximate surface area is 342 Å². The van der Waals surface area contributed by atoms with E-state index < -0.39 is 0 Å². The van der Waals surface area contributed by atoms with Crippen LogP contribution in [0, 0.1) is 6.92 Å². The molecule has 0 saturated carbocycles. The number of fused-ring (bicyclic) bond motifs is 5. The molecule has 0 N–H and O–H groups in total. The van der Waals surface area contributed by atoms with Crippen molar-refractivity contribution in [1.82, 2.24) is 4.98 Å². The van der Waals surface area contributed by atoms with E-state index >= 15 is 0 Å². The van der Waals surface area contributed by atoms with Crippen LogP contribution < -0.4 is 0 Å². The summed E-state index contributed by atoms with van der Waals surface area (Å²) in [7, 11) is 0. The van der Waals surface area contributed by atoms with E-state index in [1.165, 1.54) is 86.4 Å². The molecule has 58 heavy (non-hydrogen) atoms. The minimum atomic E-state index is 1.01. The number of aromatic nitrogens is 1. The summed E-state index contributed by atoms with van der Waals surface area (Å²) in [6, 6.07) is 75.0. The van der Waals surface area contributed by atoms with Gasteiger partial charge < -0.3 is 0 Å². The molecule has 0 fully saturated rings. The first-order valence-corrected chi connectivity index (χ1v) is 20.7. The molecule has 0 radical (unpaired) electrons. The van der Waals surface area contributed by atoms with E-state index in [4.69, 9.17) is 4.98 Å². The van der Waals surface area contributed by atoms with Gasteiger partial charge in [0.05, 0.1) is 15.9 Å². The van der Waals surface area contributed by atoms with Crippen molar-refractivity contribution < 1.29 is 0 Å². The predicted octanol–water partition coefficient (Wildman–Crippen LogP) is 16.1. The lowest BCUT2D eigenvalue weighted by Gasteiger charge is -2.18. The van der Waals surface area contributed by atoms with Gasteiger partial charge in [-0.1, -0.05) is 182 Å². The fraction of sp³-hybridized carbons (Fsp3) is 0.0179. The molecule has 0 atom stereocenters. The molecule has 0 aliphatic heterocycles. The highest BCUT2D eigenvalue weighted by atomic mass is 32.1. The molecule has 1 nitrogen and oxygen atoms in total. The second-order valence-electron chi connectivity index (χ2n) is 15.0. The first-order valence-electron chi connectivity index (χ1n) is 19.9. The van der Waals surface area contributed by atoms with Crippen LogP contribution in [0.15, 0.2) is 206 Å². The van der Waals surface area contributed by atoms with Gasteiger partial charge in [-0.2, -0.15) is 0 Å². The number of thiophene rings is 1. The molecule has 0 spiro atoms. The fourth-order valence-electron chi connectivity index (χ4n) is 8.95. The molecular formula is C56H37NS. The standard InChI is InChI=1S/C56H37NS/c1-36-53(39-21-9-4-10-22-39)56-55(51-27-15-16-28-52(51)58-56)57-54(36)42-34-40(45-31-29-43(37-17-5-2-6-18-37)47-23-11-13-25-49(45)47)33-41(35-42)46-32-30-44(38-19-7-3-8-20-38)48-24-12-14-26-50(46)48/h2-35H,1H3. The Morgan fingerprint density at radius 3 is 1.21 bits per heavy atom. The van der Waals surface area contributed by atoms with E-state index in [1.807, 2.05) is 11.3 Å². The Kier molecular flexibility index (Phi) is 8.31. The zero-order valence-corrected chi connectivity index (χ0v) is 32.8. The van der Waals surface area contributed by atoms with Gasteiger partial charge in [-0.25, -0.2) is 4.98 Å².